The Morgan fingerprint density at radius 1 is 1.21 bits per heavy atom. The van der Waals surface area contributed by atoms with Gasteiger partial charge in [-0.3, -0.25) is 9.59 Å². The Labute approximate surface area is 247 Å². The van der Waals surface area contributed by atoms with Gasteiger partial charge in [-0.1, -0.05) is 12.7 Å². The zero-order valence-electron chi connectivity index (χ0n) is 25.4. The van der Waals surface area contributed by atoms with E-state index in [1.54, 1.807) is 32.6 Å². The van der Waals surface area contributed by atoms with E-state index >= 15 is 0 Å². The molecule has 12 nitrogen and oxygen atoms in total. The lowest BCUT2D eigenvalue weighted by Gasteiger charge is -2.42. The molecule has 1 aliphatic carbocycles. The molecular formula is C30H42N6O6. The van der Waals surface area contributed by atoms with Gasteiger partial charge in [-0.25, -0.2) is 4.79 Å². The number of hydrogen-bond acceptors (Lipinski definition) is 11. The molecule has 3 unspecified atom stereocenters. The summed E-state index contributed by atoms with van der Waals surface area (Å²) in [5.74, 6) is -0.532. The van der Waals surface area contributed by atoms with Crippen LogP contribution in [0.2, 0.25) is 0 Å². The van der Waals surface area contributed by atoms with Crippen molar-refractivity contribution in [2.45, 2.75) is 77.5 Å². The number of fused-ring (bicyclic) bond motifs is 1. The van der Waals surface area contributed by atoms with Gasteiger partial charge in [-0.05, 0) is 67.0 Å². The number of ether oxygens (including phenoxy) is 3. The van der Waals surface area contributed by atoms with Crippen LogP contribution in [0.15, 0.2) is 12.7 Å². The number of aromatic nitrogens is 2. The number of anilines is 1. The first-order valence-electron chi connectivity index (χ1n) is 14.6. The Morgan fingerprint density at radius 2 is 1.98 bits per heavy atom. The molecule has 3 atom stereocenters. The van der Waals surface area contributed by atoms with Crippen molar-refractivity contribution in [1.29, 1.82) is 5.26 Å². The monoisotopic (exact) mass is 582 g/mol. The fraction of sp³-hybridized carbons (Fsp3) is 0.667. The fourth-order valence-electron chi connectivity index (χ4n) is 5.68. The first-order chi connectivity index (χ1) is 19.9. The average Bonchev–Trinajstić information content (AvgIpc) is 3.35. The fourth-order valence-corrected chi connectivity index (χ4v) is 5.68. The van der Waals surface area contributed by atoms with Gasteiger partial charge in [0, 0.05) is 31.2 Å². The highest BCUT2D eigenvalue weighted by atomic mass is 16.6. The normalized spacial score (nSPS) is 24.5. The predicted molar refractivity (Wildman–Crippen MR) is 154 cm³/mol. The van der Waals surface area contributed by atoms with E-state index in [0.29, 0.717) is 44.0 Å². The third kappa shape index (κ3) is 6.67. The highest BCUT2D eigenvalue weighted by Gasteiger charge is 2.49. The van der Waals surface area contributed by atoms with Crippen LogP contribution in [0.3, 0.4) is 0 Å². The molecule has 2 fully saturated rings. The van der Waals surface area contributed by atoms with E-state index in [9.17, 15) is 19.6 Å². The van der Waals surface area contributed by atoms with Crippen molar-refractivity contribution in [1.82, 2.24) is 19.8 Å². The van der Waals surface area contributed by atoms with E-state index in [2.05, 4.69) is 22.5 Å². The number of carbonyl (C=O) groups is 3. The lowest BCUT2D eigenvalue weighted by Crippen LogP contribution is -2.56. The number of nitrogens with zero attached hydrogens (tertiary/aromatic N) is 6. The molecule has 0 saturated carbocycles. The largest absolute Gasteiger partial charge is 0.462 e. The molecule has 1 amide bonds. The van der Waals surface area contributed by atoms with Crippen LogP contribution in [0.25, 0.3) is 0 Å². The molecular weight excluding hydrogens is 540 g/mol. The van der Waals surface area contributed by atoms with Gasteiger partial charge in [-0.2, -0.15) is 15.2 Å². The molecule has 0 bridgehead atoms. The molecule has 1 aromatic heterocycles. The van der Waals surface area contributed by atoms with Crippen LogP contribution in [0.1, 0.15) is 69.4 Å². The van der Waals surface area contributed by atoms with Crippen LogP contribution >= 0.6 is 0 Å². The summed E-state index contributed by atoms with van der Waals surface area (Å²) in [7, 11) is 2.05. The molecule has 3 aliphatic rings. The number of Topliss-reactive ketones (excluding diaryl/α,β-unsaturated/α-hetero) is 1. The van der Waals surface area contributed by atoms with Gasteiger partial charge in [0.2, 0.25) is 0 Å². The molecule has 0 aromatic carbocycles. The van der Waals surface area contributed by atoms with Crippen LogP contribution in [0, 0.1) is 16.7 Å². The number of piperazine rings is 1. The lowest BCUT2D eigenvalue weighted by atomic mass is 9.73. The van der Waals surface area contributed by atoms with Gasteiger partial charge in [0.1, 0.15) is 35.7 Å². The van der Waals surface area contributed by atoms with Gasteiger partial charge < -0.3 is 28.9 Å². The zero-order valence-corrected chi connectivity index (χ0v) is 25.4. The van der Waals surface area contributed by atoms with Crippen molar-refractivity contribution in [2.75, 3.05) is 51.3 Å². The number of nitriles is 1. The summed E-state index contributed by atoms with van der Waals surface area (Å²) in [5, 5.41) is 9.55. The molecule has 1 aromatic rings. The molecule has 4 rings (SSSR count). The minimum Gasteiger partial charge on any atom is -0.462 e. The smallest absolute Gasteiger partial charge is 0.410 e. The first kappa shape index (κ1) is 31.2. The first-order valence-corrected chi connectivity index (χ1v) is 14.6. The number of amides is 1. The molecule has 3 heterocycles. The Balaban J connectivity index is 1.67. The second-order valence-corrected chi connectivity index (χ2v) is 12.4. The third-order valence-electron chi connectivity index (χ3n) is 8.15. The summed E-state index contributed by atoms with van der Waals surface area (Å²) in [4.78, 5) is 54.9. The SMILES string of the molecule is C=CCOC(=O)C1(C)CCc2c(nc(OCC3CCCN3C)nc2N2CCN(C(=O)OC(C)(C)C)C(CC#N)C2)C1=O. The highest BCUT2D eigenvalue weighted by molar-refractivity contribution is 6.13. The van der Waals surface area contributed by atoms with Gasteiger partial charge in [0.05, 0.1) is 18.5 Å². The van der Waals surface area contributed by atoms with Crippen molar-refractivity contribution in [3.8, 4) is 12.1 Å². The molecule has 228 valence electrons. The third-order valence-corrected chi connectivity index (χ3v) is 8.15. The molecule has 0 radical (unpaired) electrons. The quantitative estimate of drug-likeness (QED) is 0.254. The Morgan fingerprint density at radius 3 is 2.62 bits per heavy atom. The molecule has 0 N–H and O–H groups in total. The van der Waals surface area contributed by atoms with Crippen LogP contribution < -0.4 is 9.64 Å². The number of ketones is 1. The Kier molecular flexibility index (Phi) is 9.40. The maximum atomic E-state index is 13.9. The topological polar surface area (TPSA) is 138 Å². The van der Waals surface area contributed by atoms with Crippen molar-refractivity contribution >= 4 is 23.7 Å². The van der Waals surface area contributed by atoms with Gasteiger partial charge in [0.15, 0.2) is 5.78 Å². The van der Waals surface area contributed by atoms with Crippen molar-refractivity contribution in [3.63, 3.8) is 0 Å². The molecule has 0 spiro atoms. The molecule has 2 saturated heterocycles. The van der Waals surface area contributed by atoms with Crippen LogP contribution in [-0.4, -0.2) is 102 Å². The summed E-state index contributed by atoms with van der Waals surface area (Å²) in [6.07, 6.45) is 3.76. The van der Waals surface area contributed by atoms with Crippen LogP contribution in [0.4, 0.5) is 10.6 Å². The minimum atomic E-state index is -1.40. The average molecular weight is 583 g/mol. The van der Waals surface area contributed by atoms with E-state index in [-0.39, 0.29) is 37.2 Å². The van der Waals surface area contributed by atoms with E-state index in [1.807, 2.05) is 11.9 Å². The second-order valence-electron chi connectivity index (χ2n) is 12.4. The Hall–Kier alpha value is -3.72. The summed E-state index contributed by atoms with van der Waals surface area (Å²) >= 11 is 0. The zero-order chi connectivity index (χ0) is 30.7. The summed E-state index contributed by atoms with van der Waals surface area (Å²) in [6, 6.07) is 2.01. The van der Waals surface area contributed by atoms with Crippen molar-refractivity contribution in [2.24, 2.45) is 5.41 Å². The number of likely N-dealkylation sites (tertiary alicyclic amines) is 1. The van der Waals surface area contributed by atoms with E-state index < -0.39 is 34.9 Å². The van der Waals surface area contributed by atoms with Crippen LogP contribution in [-0.2, 0) is 20.7 Å². The van der Waals surface area contributed by atoms with E-state index in [0.717, 1.165) is 19.4 Å². The van der Waals surface area contributed by atoms with Crippen molar-refractivity contribution < 1.29 is 28.6 Å². The summed E-state index contributed by atoms with van der Waals surface area (Å²) in [6.45, 7) is 13.0. The predicted octanol–water partition coefficient (Wildman–Crippen LogP) is 3.15. The van der Waals surface area contributed by atoms with Gasteiger partial charge in [-0.15, -0.1) is 0 Å². The molecule has 12 heteroatoms. The summed E-state index contributed by atoms with van der Waals surface area (Å²) in [5.41, 5.74) is -1.30. The maximum absolute atomic E-state index is 13.9. The standard InChI is InChI=1S/C30H42N6O6/c1-7-17-40-26(38)30(5)12-10-22-23(24(30)37)32-27(41-19-21-9-8-14-34(21)6)33-25(22)35-15-16-36(20(18-35)11-13-31)28(39)42-29(2,3)4/h7,20-21H,1,8-12,14-19H2,2-6H3. The number of esters is 1. The number of likely N-dealkylation sites (N-methyl/N-ethyl adjacent to an activating group) is 1. The number of carbonyl (C=O) groups excluding carboxylic acids is 3. The number of rotatable bonds is 8. The minimum absolute atomic E-state index is 0.00899. The number of hydrogen-bond donors (Lipinski definition) is 0. The molecule has 42 heavy (non-hydrogen) atoms. The van der Waals surface area contributed by atoms with Gasteiger partial charge in [0.25, 0.3) is 0 Å². The lowest BCUT2D eigenvalue weighted by molar-refractivity contribution is -0.151. The van der Waals surface area contributed by atoms with Crippen LogP contribution in [0.5, 0.6) is 6.01 Å². The van der Waals surface area contributed by atoms with Crippen molar-refractivity contribution in [3.05, 3.63) is 23.9 Å². The highest BCUT2D eigenvalue weighted by Crippen LogP contribution is 2.40. The summed E-state index contributed by atoms with van der Waals surface area (Å²) < 4.78 is 17.0. The Bertz CT molecular complexity index is 1260. The molecule has 2 aliphatic heterocycles. The van der Waals surface area contributed by atoms with Gasteiger partial charge >= 0.3 is 18.1 Å². The second kappa shape index (κ2) is 12.7. The van der Waals surface area contributed by atoms with E-state index in [1.165, 1.54) is 6.08 Å². The maximum Gasteiger partial charge on any atom is 0.410 e. The van der Waals surface area contributed by atoms with E-state index in [4.69, 9.17) is 19.2 Å².